The molecule has 0 bridgehead atoms. The number of aliphatic hydroxyl groups is 1. The summed E-state index contributed by atoms with van der Waals surface area (Å²) in [4.78, 5) is 14.0. The van der Waals surface area contributed by atoms with E-state index in [0.29, 0.717) is 25.9 Å². The number of rotatable bonds is 2. The van der Waals surface area contributed by atoms with Gasteiger partial charge in [-0.2, -0.15) is 13.2 Å². The lowest BCUT2D eigenvalue weighted by atomic mass is 9.80. The SMILES string of the molecule is O=C(C1CCCC(C(F)(F)F)C1)N1CCC(CO)CC1. The molecule has 116 valence electrons. The number of carbonyl (C=O) groups excluding carboxylic acids is 1. The highest BCUT2D eigenvalue weighted by atomic mass is 19.4. The zero-order chi connectivity index (χ0) is 14.8. The van der Waals surface area contributed by atoms with E-state index in [1.54, 1.807) is 4.90 Å². The molecule has 2 unspecified atom stereocenters. The van der Waals surface area contributed by atoms with E-state index in [0.717, 1.165) is 12.8 Å². The first-order valence-electron chi connectivity index (χ1n) is 7.38. The molecule has 1 aliphatic heterocycles. The van der Waals surface area contributed by atoms with Gasteiger partial charge in [-0.25, -0.2) is 0 Å². The molecule has 1 heterocycles. The smallest absolute Gasteiger partial charge is 0.391 e. The molecule has 0 spiro atoms. The molecular formula is C14H22F3NO2. The van der Waals surface area contributed by atoms with Crippen LogP contribution in [0.1, 0.15) is 38.5 Å². The molecule has 1 saturated heterocycles. The fraction of sp³-hybridized carbons (Fsp3) is 0.929. The third kappa shape index (κ3) is 3.65. The van der Waals surface area contributed by atoms with Gasteiger partial charge < -0.3 is 10.0 Å². The Kier molecular flexibility index (Phi) is 4.94. The van der Waals surface area contributed by atoms with Crippen molar-refractivity contribution >= 4 is 5.91 Å². The van der Waals surface area contributed by atoms with Crippen LogP contribution in [0.25, 0.3) is 0 Å². The van der Waals surface area contributed by atoms with Gasteiger partial charge in [0.15, 0.2) is 0 Å². The molecule has 2 fully saturated rings. The third-order valence-corrected chi connectivity index (χ3v) is 4.67. The Bertz CT molecular complexity index is 338. The first-order valence-corrected chi connectivity index (χ1v) is 7.38. The number of aliphatic hydroxyl groups excluding tert-OH is 1. The van der Waals surface area contributed by atoms with Gasteiger partial charge in [0.05, 0.1) is 5.92 Å². The van der Waals surface area contributed by atoms with Crippen LogP contribution in [0.5, 0.6) is 0 Å². The summed E-state index contributed by atoms with van der Waals surface area (Å²) >= 11 is 0. The summed E-state index contributed by atoms with van der Waals surface area (Å²) in [6.07, 6.45) is -1.53. The van der Waals surface area contributed by atoms with E-state index in [1.165, 1.54) is 0 Å². The second-order valence-electron chi connectivity index (χ2n) is 6.05. The Morgan fingerprint density at radius 3 is 2.35 bits per heavy atom. The standard InChI is InChI=1S/C14H22F3NO2/c15-14(16,17)12-3-1-2-11(8-12)13(20)18-6-4-10(9-19)5-7-18/h10-12,19H,1-9H2. The van der Waals surface area contributed by atoms with Gasteiger partial charge in [-0.15, -0.1) is 0 Å². The fourth-order valence-electron chi connectivity index (χ4n) is 3.31. The van der Waals surface area contributed by atoms with Crippen molar-refractivity contribution in [1.29, 1.82) is 0 Å². The molecule has 6 heteroatoms. The second kappa shape index (κ2) is 6.33. The highest BCUT2D eigenvalue weighted by Crippen LogP contribution is 2.40. The third-order valence-electron chi connectivity index (χ3n) is 4.67. The predicted octanol–water partition coefficient (Wildman–Crippen LogP) is 2.59. The maximum atomic E-state index is 12.8. The van der Waals surface area contributed by atoms with E-state index in [9.17, 15) is 18.0 Å². The molecule has 2 rings (SSSR count). The van der Waals surface area contributed by atoms with Crippen LogP contribution >= 0.6 is 0 Å². The summed E-state index contributed by atoms with van der Waals surface area (Å²) in [7, 11) is 0. The predicted molar refractivity (Wildman–Crippen MR) is 67.9 cm³/mol. The summed E-state index contributed by atoms with van der Waals surface area (Å²) in [6, 6.07) is 0. The number of hydrogen-bond donors (Lipinski definition) is 1. The average molecular weight is 293 g/mol. The summed E-state index contributed by atoms with van der Waals surface area (Å²) in [5.41, 5.74) is 0. The van der Waals surface area contributed by atoms with E-state index in [1.807, 2.05) is 0 Å². The molecule has 1 amide bonds. The van der Waals surface area contributed by atoms with E-state index in [-0.39, 0.29) is 31.3 Å². The van der Waals surface area contributed by atoms with Gasteiger partial charge >= 0.3 is 6.18 Å². The van der Waals surface area contributed by atoms with Crippen LogP contribution in [0.2, 0.25) is 0 Å². The van der Waals surface area contributed by atoms with Crippen LogP contribution in [0, 0.1) is 17.8 Å². The van der Waals surface area contributed by atoms with Crippen LogP contribution < -0.4 is 0 Å². The highest BCUT2D eigenvalue weighted by molar-refractivity contribution is 5.79. The molecule has 0 aromatic heterocycles. The van der Waals surface area contributed by atoms with Gasteiger partial charge in [0.2, 0.25) is 5.91 Å². The zero-order valence-corrected chi connectivity index (χ0v) is 11.5. The second-order valence-corrected chi connectivity index (χ2v) is 6.05. The summed E-state index contributed by atoms with van der Waals surface area (Å²) in [5, 5.41) is 9.06. The van der Waals surface area contributed by atoms with Crippen LogP contribution in [0.3, 0.4) is 0 Å². The van der Waals surface area contributed by atoms with Gasteiger partial charge in [0.1, 0.15) is 0 Å². The number of halogens is 3. The van der Waals surface area contributed by atoms with E-state index < -0.39 is 18.0 Å². The van der Waals surface area contributed by atoms with Crippen LogP contribution in [-0.4, -0.2) is 41.8 Å². The molecule has 20 heavy (non-hydrogen) atoms. The minimum Gasteiger partial charge on any atom is -0.396 e. The first kappa shape index (κ1) is 15.6. The van der Waals surface area contributed by atoms with Crippen molar-refractivity contribution in [3.63, 3.8) is 0 Å². The van der Waals surface area contributed by atoms with Crippen molar-refractivity contribution in [2.75, 3.05) is 19.7 Å². The van der Waals surface area contributed by atoms with E-state index >= 15 is 0 Å². The summed E-state index contributed by atoms with van der Waals surface area (Å²) < 4.78 is 38.3. The van der Waals surface area contributed by atoms with Crippen molar-refractivity contribution in [2.45, 2.75) is 44.7 Å². The molecule has 0 aromatic carbocycles. The number of carbonyl (C=O) groups is 1. The lowest BCUT2D eigenvalue weighted by Crippen LogP contribution is -2.44. The van der Waals surface area contributed by atoms with Gasteiger partial charge in [-0.05, 0) is 38.0 Å². The van der Waals surface area contributed by atoms with Crippen molar-refractivity contribution in [2.24, 2.45) is 17.8 Å². The molecule has 3 nitrogen and oxygen atoms in total. The van der Waals surface area contributed by atoms with Gasteiger partial charge in [0.25, 0.3) is 0 Å². The fourth-order valence-corrected chi connectivity index (χ4v) is 3.31. The van der Waals surface area contributed by atoms with Crippen molar-refractivity contribution < 1.29 is 23.1 Å². The number of hydrogen-bond acceptors (Lipinski definition) is 2. The Morgan fingerprint density at radius 2 is 1.80 bits per heavy atom. The number of piperidine rings is 1. The number of amides is 1. The van der Waals surface area contributed by atoms with E-state index in [4.69, 9.17) is 5.11 Å². The Morgan fingerprint density at radius 1 is 1.15 bits per heavy atom. The lowest BCUT2D eigenvalue weighted by molar-refractivity contribution is -0.187. The zero-order valence-electron chi connectivity index (χ0n) is 11.5. The monoisotopic (exact) mass is 293 g/mol. The largest absolute Gasteiger partial charge is 0.396 e. The molecule has 1 N–H and O–H groups in total. The summed E-state index contributed by atoms with van der Waals surface area (Å²) in [6.45, 7) is 1.26. The van der Waals surface area contributed by atoms with E-state index in [2.05, 4.69) is 0 Å². The van der Waals surface area contributed by atoms with Crippen molar-refractivity contribution in [3.05, 3.63) is 0 Å². The van der Waals surface area contributed by atoms with Crippen LogP contribution in [-0.2, 0) is 4.79 Å². The number of nitrogens with zero attached hydrogens (tertiary/aromatic N) is 1. The Hall–Kier alpha value is -0.780. The highest BCUT2D eigenvalue weighted by Gasteiger charge is 2.44. The molecule has 2 aliphatic rings. The Balaban J connectivity index is 1.89. The number of alkyl halides is 3. The summed E-state index contributed by atoms with van der Waals surface area (Å²) in [5.74, 6) is -1.68. The Labute approximate surface area is 117 Å². The lowest BCUT2D eigenvalue weighted by Gasteiger charge is -2.36. The van der Waals surface area contributed by atoms with Gasteiger partial charge in [-0.3, -0.25) is 4.79 Å². The maximum absolute atomic E-state index is 12.8. The van der Waals surface area contributed by atoms with Crippen molar-refractivity contribution in [3.8, 4) is 0 Å². The molecule has 1 aliphatic carbocycles. The van der Waals surface area contributed by atoms with Gasteiger partial charge in [-0.1, -0.05) is 6.42 Å². The first-order chi connectivity index (χ1) is 9.41. The van der Waals surface area contributed by atoms with Gasteiger partial charge in [0, 0.05) is 25.6 Å². The molecule has 2 atom stereocenters. The maximum Gasteiger partial charge on any atom is 0.391 e. The molecule has 0 aromatic rings. The topological polar surface area (TPSA) is 40.5 Å². The minimum atomic E-state index is -4.18. The molecule has 0 radical (unpaired) electrons. The van der Waals surface area contributed by atoms with Crippen molar-refractivity contribution in [1.82, 2.24) is 4.90 Å². The van der Waals surface area contributed by atoms with Crippen LogP contribution in [0.4, 0.5) is 13.2 Å². The number of likely N-dealkylation sites (tertiary alicyclic amines) is 1. The van der Waals surface area contributed by atoms with Crippen LogP contribution in [0.15, 0.2) is 0 Å². The quantitative estimate of drug-likeness (QED) is 0.850. The average Bonchev–Trinajstić information content (AvgIpc) is 2.46. The molecular weight excluding hydrogens is 271 g/mol. The molecule has 1 saturated carbocycles. The minimum absolute atomic E-state index is 0.0533. The normalized spacial score (nSPS) is 29.5.